The average Bonchev–Trinajstić information content (AvgIpc) is 3.18. The van der Waals surface area contributed by atoms with Crippen LogP contribution in [0.5, 0.6) is 0 Å². The fourth-order valence-electron chi connectivity index (χ4n) is 7.41. The molecule has 4 saturated carbocycles. The highest BCUT2D eigenvalue weighted by molar-refractivity contribution is 8.00. The lowest BCUT2D eigenvalue weighted by Crippen LogP contribution is -2.49. The predicted molar refractivity (Wildman–Crippen MR) is 153 cm³/mol. The molecule has 0 saturated heterocycles. The van der Waals surface area contributed by atoms with Crippen molar-refractivity contribution in [1.82, 2.24) is 9.97 Å². The summed E-state index contributed by atoms with van der Waals surface area (Å²) >= 11 is 3.22. The summed E-state index contributed by atoms with van der Waals surface area (Å²) in [5.41, 5.74) is 1.98. The number of anilines is 1. The summed E-state index contributed by atoms with van der Waals surface area (Å²) in [4.78, 5) is 40.2. The van der Waals surface area contributed by atoms with E-state index < -0.39 is 5.97 Å². The van der Waals surface area contributed by atoms with Gasteiger partial charge in [0.2, 0.25) is 5.91 Å². The fraction of sp³-hybridized carbons (Fsp3) is 0.533. The number of amides is 1. The van der Waals surface area contributed by atoms with Gasteiger partial charge < -0.3 is 9.64 Å². The normalized spacial score (nSPS) is 25.6. The van der Waals surface area contributed by atoms with Crippen LogP contribution in [0.15, 0.2) is 35.4 Å². The van der Waals surface area contributed by atoms with E-state index >= 15 is 0 Å². The number of thiophene rings is 1. The zero-order valence-corrected chi connectivity index (χ0v) is 24.0. The van der Waals surface area contributed by atoms with Crippen molar-refractivity contribution in [2.24, 2.45) is 17.8 Å². The summed E-state index contributed by atoms with van der Waals surface area (Å²) in [6.45, 7) is 6.22. The van der Waals surface area contributed by atoms with E-state index in [1.54, 1.807) is 18.3 Å². The van der Waals surface area contributed by atoms with E-state index in [4.69, 9.17) is 14.7 Å². The Morgan fingerprint density at radius 2 is 1.71 bits per heavy atom. The molecule has 0 radical (unpaired) electrons. The first-order valence-corrected chi connectivity index (χ1v) is 15.6. The lowest BCUT2D eigenvalue weighted by atomic mass is 9.49. The van der Waals surface area contributed by atoms with Crippen molar-refractivity contribution in [2.75, 3.05) is 23.8 Å². The lowest BCUT2D eigenvalue weighted by molar-refractivity contribution is -0.142. The van der Waals surface area contributed by atoms with E-state index in [-0.39, 0.29) is 30.2 Å². The fourth-order valence-corrected chi connectivity index (χ4v) is 9.47. The average molecular weight is 550 g/mol. The van der Waals surface area contributed by atoms with E-state index in [0.717, 1.165) is 38.8 Å². The van der Waals surface area contributed by atoms with Crippen LogP contribution in [0.2, 0.25) is 0 Å². The molecule has 7 rings (SSSR count). The smallest absolute Gasteiger partial charge is 0.326 e. The molecular weight excluding hydrogens is 514 g/mol. The maximum absolute atomic E-state index is 13.5. The molecule has 3 aromatic rings. The molecule has 0 aliphatic heterocycles. The van der Waals surface area contributed by atoms with Gasteiger partial charge in [0.15, 0.2) is 0 Å². The topological polar surface area (TPSA) is 72.4 Å². The van der Waals surface area contributed by atoms with Crippen LogP contribution in [-0.2, 0) is 19.7 Å². The molecule has 2 aromatic heterocycles. The Morgan fingerprint density at radius 1 is 1.05 bits per heavy atom. The van der Waals surface area contributed by atoms with Crippen LogP contribution in [0, 0.1) is 31.6 Å². The Bertz CT molecular complexity index is 1330. The zero-order chi connectivity index (χ0) is 26.4. The monoisotopic (exact) mass is 549 g/mol. The number of aromatic nitrogens is 2. The number of benzene rings is 1. The van der Waals surface area contributed by atoms with E-state index in [0.29, 0.717) is 5.69 Å². The second kappa shape index (κ2) is 10.3. The molecule has 8 heteroatoms. The third-order valence-corrected chi connectivity index (χ3v) is 10.9. The number of para-hydroxylation sites is 1. The number of carbonyl (C=O) groups is 2. The van der Waals surface area contributed by atoms with E-state index in [2.05, 4.69) is 13.8 Å². The molecular formula is C30H35N3O3S2. The largest absolute Gasteiger partial charge is 0.465 e. The van der Waals surface area contributed by atoms with Crippen molar-refractivity contribution >= 4 is 50.9 Å². The molecule has 0 spiro atoms. The Balaban J connectivity index is 1.31. The van der Waals surface area contributed by atoms with Gasteiger partial charge in [-0.05, 0) is 94.7 Å². The Morgan fingerprint density at radius 3 is 2.34 bits per heavy atom. The SMILES string of the molecule is CCOC(=O)CN(C(=O)CSc1nc(C23CC4CC(CC(C4)C2)C3)nc2sc(C)c(C)c12)c1ccccc1. The van der Waals surface area contributed by atoms with Crippen molar-refractivity contribution in [1.29, 1.82) is 0 Å². The highest BCUT2D eigenvalue weighted by Gasteiger charge is 2.53. The number of fused-ring (bicyclic) bond motifs is 1. The van der Waals surface area contributed by atoms with Gasteiger partial charge in [0.1, 0.15) is 22.2 Å². The third-order valence-electron chi connectivity index (χ3n) is 8.80. The maximum atomic E-state index is 13.5. The van der Waals surface area contributed by atoms with Gasteiger partial charge in [0, 0.05) is 21.4 Å². The molecule has 4 aliphatic rings. The number of nitrogens with zero attached hydrogens (tertiary/aromatic N) is 3. The Hall–Kier alpha value is -2.45. The number of hydrogen-bond donors (Lipinski definition) is 0. The van der Waals surface area contributed by atoms with Crippen molar-refractivity contribution in [2.45, 2.75) is 69.7 Å². The van der Waals surface area contributed by atoms with Gasteiger partial charge in [-0.25, -0.2) is 9.97 Å². The quantitative estimate of drug-likeness (QED) is 0.182. The number of ether oxygens (including phenoxy) is 1. The Labute approximate surface area is 232 Å². The molecule has 1 amide bonds. The second-order valence-corrected chi connectivity index (χ2v) is 13.6. The summed E-state index contributed by atoms with van der Waals surface area (Å²) in [6.07, 6.45) is 7.76. The zero-order valence-electron chi connectivity index (χ0n) is 22.4. The molecule has 2 heterocycles. The second-order valence-electron chi connectivity index (χ2n) is 11.4. The number of carbonyl (C=O) groups excluding carboxylic acids is 2. The van der Waals surface area contributed by atoms with E-state index in [1.807, 2.05) is 30.3 Å². The molecule has 0 unspecified atom stereocenters. The molecule has 6 nitrogen and oxygen atoms in total. The van der Waals surface area contributed by atoms with Crippen LogP contribution in [-0.4, -0.2) is 40.7 Å². The van der Waals surface area contributed by atoms with Crippen LogP contribution in [0.25, 0.3) is 10.2 Å². The van der Waals surface area contributed by atoms with Crippen LogP contribution in [0.1, 0.15) is 61.7 Å². The molecule has 4 fully saturated rings. The number of esters is 1. The van der Waals surface area contributed by atoms with Gasteiger partial charge in [-0.1, -0.05) is 30.0 Å². The van der Waals surface area contributed by atoms with E-state index in [9.17, 15) is 9.59 Å². The van der Waals surface area contributed by atoms with Gasteiger partial charge in [-0.15, -0.1) is 11.3 Å². The lowest BCUT2D eigenvalue weighted by Gasteiger charge is -2.56. The highest BCUT2D eigenvalue weighted by atomic mass is 32.2. The summed E-state index contributed by atoms with van der Waals surface area (Å²) in [7, 11) is 0. The maximum Gasteiger partial charge on any atom is 0.326 e. The minimum Gasteiger partial charge on any atom is -0.465 e. The number of aryl methyl sites for hydroxylation is 2. The molecule has 4 bridgehead atoms. The van der Waals surface area contributed by atoms with Crippen molar-refractivity contribution in [3.8, 4) is 0 Å². The minimum atomic E-state index is -0.410. The van der Waals surface area contributed by atoms with Crippen LogP contribution in [0.4, 0.5) is 5.69 Å². The molecule has 1 aromatic carbocycles. The number of thioether (sulfide) groups is 1. The summed E-state index contributed by atoms with van der Waals surface area (Å²) in [5.74, 6) is 3.09. The third kappa shape index (κ3) is 4.75. The number of rotatable bonds is 8. The molecule has 4 aliphatic carbocycles. The van der Waals surface area contributed by atoms with Gasteiger partial charge in [0.05, 0.1) is 12.4 Å². The molecule has 0 atom stereocenters. The minimum absolute atomic E-state index is 0.0913. The summed E-state index contributed by atoms with van der Waals surface area (Å²) in [6, 6.07) is 9.34. The van der Waals surface area contributed by atoms with Crippen LogP contribution >= 0.6 is 23.1 Å². The van der Waals surface area contributed by atoms with Crippen LogP contribution < -0.4 is 4.90 Å². The van der Waals surface area contributed by atoms with Gasteiger partial charge in [-0.3, -0.25) is 9.59 Å². The van der Waals surface area contributed by atoms with E-state index in [1.165, 1.54) is 65.6 Å². The van der Waals surface area contributed by atoms with Crippen molar-refractivity contribution in [3.63, 3.8) is 0 Å². The first-order valence-electron chi connectivity index (χ1n) is 13.8. The predicted octanol–water partition coefficient (Wildman–Crippen LogP) is 6.46. The molecule has 38 heavy (non-hydrogen) atoms. The molecule has 0 N–H and O–H groups in total. The first-order chi connectivity index (χ1) is 18.3. The standard InChI is InChI=1S/C30H35N3O3S2/c1-4-36-25(35)16-33(23-8-6-5-7-9-23)24(34)17-37-27-26-18(2)19(3)38-28(26)32-29(31-27)30-13-20-10-21(14-30)12-22(11-20)15-30/h5-9,20-22H,4,10-17H2,1-3H3. The summed E-state index contributed by atoms with van der Waals surface area (Å²) < 4.78 is 5.16. The highest BCUT2D eigenvalue weighted by Crippen LogP contribution is 2.60. The van der Waals surface area contributed by atoms with Crippen LogP contribution in [0.3, 0.4) is 0 Å². The van der Waals surface area contributed by atoms with Gasteiger partial charge >= 0.3 is 5.97 Å². The van der Waals surface area contributed by atoms with Crippen molar-refractivity contribution in [3.05, 3.63) is 46.6 Å². The number of hydrogen-bond acceptors (Lipinski definition) is 7. The summed E-state index contributed by atoms with van der Waals surface area (Å²) in [5, 5.41) is 1.98. The van der Waals surface area contributed by atoms with Crippen molar-refractivity contribution < 1.29 is 14.3 Å². The molecule has 200 valence electrons. The first kappa shape index (κ1) is 25.8. The van der Waals surface area contributed by atoms with Gasteiger partial charge in [0.25, 0.3) is 0 Å². The Kier molecular flexibility index (Phi) is 6.97. The van der Waals surface area contributed by atoms with Gasteiger partial charge in [-0.2, -0.15) is 0 Å².